The standard InChI is InChI=1S/C10H22N2O2/c1-6-12(9(4)7-14-5)10(13)11-8(2)3/h8-9H,6-7H2,1-5H3,(H,11,13). The van der Waals surface area contributed by atoms with E-state index in [4.69, 9.17) is 4.74 Å². The lowest BCUT2D eigenvalue weighted by molar-refractivity contribution is 0.113. The molecule has 2 amide bonds. The predicted molar refractivity (Wildman–Crippen MR) is 57.4 cm³/mol. The molecule has 1 atom stereocenters. The highest BCUT2D eigenvalue weighted by Gasteiger charge is 2.18. The van der Waals surface area contributed by atoms with Crippen molar-refractivity contribution in [1.29, 1.82) is 0 Å². The number of ether oxygens (including phenoxy) is 1. The summed E-state index contributed by atoms with van der Waals surface area (Å²) in [5, 5.41) is 2.86. The van der Waals surface area contributed by atoms with Gasteiger partial charge in [0.25, 0.3) is 0 Å². The van der Waals surface area contributed by atoms with E-state index in [1.165, 1.54) is 0 Å². The highest BCUT2D eigenvalue weighted by Crippen LogP contribution is 2.00. The molecule has 1 unspecified atom stereocenters. The van der Waals surface area contributed by atoms with Gasteiger partial charge in [-0.25, -0.2) is 4.79 Å². The average Bonchev–Trinajstić information content (AvgIpc) is 2.04. The maximum absolute atomic E-state index is 11.7. The van der Waals surface area contributed by atoms with Crippen molar-refractivity contribution >= 4 is 6.03 Å². The van der Waals surface area contributed by atoms with Gasteiger partial charge in [0.2, 0.25) is 0 Å². The molecule has 0 bridgehead atoms. The molecule has 0 aliphatic rings. The maximum atomic E-state index is 11.7. The Morgan fingerprint density at radius 1 is 1.43 bits per heavy atom. The first-order valence-corrected chi connectivity index (χ1v) is 5.09. The quantitative estimate of drug-likeness (QED) is 0.733. The van der Waals surface area contributed by atoms with Gasteiger partial charge in [0.05, 0.1) is 12.6 Å². The van der Waals surface area contributed by atoms with Gasteiger partial charge in [0, 0.05) is 19.7 Å². The summed E-state index contributed by atoms with van der Waals surface area (Å²) in [7, 11) is 1.64. The minimum absolute atomic E-state index is 0.0212. The van der Waals surface area contributed by atoms with Crippen LogP contribution in [0.2, 0.25) is 0 Å². The second kappa shape index (κ2) is 6.65. The lowest BCUT2D eigenvalue weighted by Gasteiger charge is -2.28. The largest absolute Gasteiger partial charge is 0.383 e. The van der Waals surface area contributed by atoms with Crippen molar-refractivity contribution in [3.8, 4) is 0 Å². The van der Waals surface area contributed by atoms with E-state index in [-0.39, 0.29) is 18.1 Å². The van der Waals surface area contributed by atoms with Crippen LogP contribution < -0.4 is 5.32 Å². The molecule has 1 N–H and O–H groups in total. The normalized spacial score (nSPS) is 12.7. The van der Waals surface area contributed by atoms with Crippen molar-refractivity contribution in [2.45, 2.75) is 39.8 Å². The van der Waals surface area contributed by atoms with Gasteiger partial charge in [0.15, 0.2) is 0 Å². The van der Waals surface area contributed by atoms with E-state index in [9.17, 15) is 4.79 Å². The fraction of sp³-hybridized carbons (Fsp3) is 0.900. The Morgan fingerprint density at radius 2 is 2.00 bits per heavy atom. The third kappa shape index (κ3) is 4.46. The van der Waals surface area contributed by atoms with E-state index in [0.717, 1.165) is 0 Å². The van der Waals surface area contributed by atoms with Gasteiger partial charge in [-0.2, -0.15) is 0 Å². The molecule has 4 nitrogen and oxygen atoms in total. The van der Waals surface area contributed by atoms with E-state index in [0.29, 0.717) is 13.2 Å². The predicted octanol–water partition coefficient (Wildman–Crippen LogP) is 1.46. The Balaban J connectivity index is 4.17. The minimum atomic E-state index is -0.0212. The number of methoxy groups -OCH3 is 1. The van der Waals surface area contributed by atoms with Crippen molar-refractivity contribution in [2.75, 3.05) is 20.3 Å². The van der Waals surface area contributed by atoms with E-state index < -0.39 is 0 Å². The molecule has 0 saturated heterocycles. The summed E-state index contributed by atoms with van der Waals surface area (Å²) >= 11 is 0. The number of hydrogen-bond acceptors (Lipinski definition) is 2. The molecular weight excluding hydrogens is 180 g/mol. The van der Waals surface area contributed by atoms with Crippen LogP contribution in [0.1, 0.15) is 27.7 Å². The molecule has 0 rings (SSSR count). The Bertz CT molecular complexity index is 172. The average molecular weight is 202 g/mol. The maximum Gasteiger partial charge on any atom is 0.317 e. The first-order chi connectivity index (χ1) is 6.52. The van der Waals surface area contributed by atoms with Gasteiger partial charge in [-0.15, -0.1) is 0 Å². The summed E-state index contributed by atoms with van der Waals surface area (Å²) in [4.78, 5) is 13.4. The second-order valence-electron chi connectivity index (χ2n) is 3.69. The third-order valence-corrected chi connectivity index (χ3v) is 1.95. The molecular formula is C10H22N2O2. The summed E-state index contributed by atoms with van der Waals surface area (Å²) in [5.41, 5.74) is 0. The van der Waals surface area contributed by atoms with Gasteiger partial charge in [0.1, 0.15) is 0 Å². The molecule has 0 aliphatic carbocycles. The van der Waals surface area contributed by atoms with Crippen LogP contribution in [0.4, 0.5) is 4.79 Å². The van der Waals surface area contributed by atoms with Crippen LogP contribution >= 0.6 is 0 Å². The Hall–Kier alpha value is -0.770. The molecule has 0 spiro atoms. The number of carbonyl (C=O) groups is 1. The van der Waals surface area contributed by atoms with E-state index >= 15 is 0 Å². The number of amides is 2. The second-order valence-corrected chi connectivity index (χ2v) is 3.69. The summed E-state index contributed by atoms with van der Waals surface area (Å²) < 4.78 is 5.02. The van der Waals surface area contributed by atoms with Crippen LogP contribution in [-0.2, 0) is 4.74 Å². The molecule has 0 aromatic heterocycles. The fourth-order valence-corrected chi connectivity index (χ4v) is 1.32. The lowest BCUT2D eigenvalue weighted by atomic mass is 10.3. The summed E-state index contributed by atoms with van der Waals surface area (Å²) in [6.45, 7) is 9.11. The number of hydrogen-bond donors (Lipinski definition) is 1. The topological polar surface area (TPSA) is 41.6 Å². The number of rotatable bonds is 5. The molecule has 0 aliphatic heterocycles. The third-order valence-electron chi connectivity index (χ3n) is 1.95. The smallest absolute Gasteiger partial charge is 0.317 e. The van der Waals surface area contributed by atoms with Crippen LogP contribution in [0.5, 0.6) is 0 Å². The van der Waals surface area contributed by atoms with Crippen LogP contribution in [0.25, 0.3) is 0 Å². The van der Waals surface area contributed by atoms with Crippen LogP contribution in [-0.4, -0.2) is 43.3 Å². The molecule has 0 saturated carbocycles. The van der Waals surface area contributed by atoms with Crippen molar-refractivity contribution in [2.24, 2.45) is 0 Å². The number of urea groups is 1. The number of carbonyl (C=O) groups excluding carboxylic acids is 1. The summed E-state index contributed by atoms with van der Waals surface area (Å²) in [6.07, 6.45) is 0. The fourth-order valence-electron chi connectivity index (χ4n) is 1.32. The van der Waals surface area contributed by atoms with Gasteiger partial charge in [-0.3, -0.25) is 0 Å². The molecule has 0 heterocycles. The van der Waals surface area contributed by atoms with Crippen molar-refractivity contribution in [3.05, 3.63) is 0 Å². The van der Waals surface area contributed by atoms with E-state index in [1.807, 2.05) is 27.7 Å². The van der Waals surface area contributed by atoms with Gasteiger partial charge < -0.3 is 15.0 Å². The lowest BCUT2D eigenvalue weighted by Crippen LogP contribution is -2.48. The Kier molecular flexibility index (Phi) is 6.28. The van der Waals surface area contributed by atoms with Crippen LogP contribution in [0, 0.1) is 0 Å². The monoisotopic (exact) mass is 202 g/mol. The van der Waals surface area contributed by atoms with Crippen molar-refractivity contribution in [1.82, 2.24) is 10.2 Å². The summed E-state index contributed by atoms with van der Waals surface area (Å²) in [5.74, 6) is 0. The molecule has 0 aromatic rings. The molecule has 84 valence electrons. The van der Waals surface area contributed by atoms with Gasteiger partial charge >= 0.3 is 6.03 Å². The number of nitrogens with one attached hydrogen (secondary N) is 1. The molecule has 0 radical (unpaired) electrons. The van der Waals surface area contributed by atoms with Crippen molar-refractivity contribution < 1.29 is 9.53 Å². The van der Waals surface area contributed by atoms with Crippen molar-refractivity contribution in [3.63, 3.8) is 0 Å². The zero-order valence-electron chi connectivity index (χ0n) is 9.83. The summed E-state index contributed by atoms with van der Waals surface area (Å²) in [6, 6.07) is 0.266. The molecule has 4 heteroatoms. The molecule has 0 aromatic carbocycles. The first kappa shape index (κ1) is 13.2. The SMILES string of the molecule is CCN(C(=O)NC(C)C)C(C)COC. The van der Waals surface area contributed by atoms with Crippen LogP contribution in [0.3, 0.4) is 0 Å². The number of likely N-dealkylation sites (N-methyl/N-ethyl adjacent to an activating group) is 1. The Morgan fingerprint density at radius 3 is 2.36 bits per heavy atom. The van der Waals surface area contributed by atoms with Crippen LogP contribution in [0.15, 0.2) is 0 Å². The zero-order valence-corrected chi connectivity index (χ0v) is 9.83. The molecule has 14 heavy (non-hydrogen) atoms. The van der Waals surface area contributed by atoms with E-state index in [2.05, 4.69) is 5.32 Å². The van der Waals surface area contributed by atoms with E-state index in [1.54, 1.807) is 12.0 Å². The highest BCUT2D eigenvalue weighted by molar-refractivity contribution is 5.74. The zero-order chi connectivity index (χ0) is 11.1. The Labute approximate surface area is 86.6 Å². The first-order valence-electron chi connectivity index (χ1n) is 5.09. The molecule has 0 fully saturated rings. The van der Waals surface area contributed by atoms with Gasteiger partial charge in [-0.1, -0.05) is 0 Å². The highest BCUT2D eigenvalue weighted by atomic mass is 16.5. The minimum Gasteiger partial charge on any atom is -0.383 e. The van der Waals surface area contributed by atoms with Gasteiger partial charge in [-0.05, 0) is 27.7 Å². The number of nitrogens with zero attached hydrogens (tertiary/aromatic N) is 1.